The third kappa shape index (κ3) is 5.35. The fraction of sp³-hybridized carbons (Fsp3) is 0.583. The van der Waals surface area contributed by atoms with E-state index in [0.717, 1.165) is 37.1 Å². The van der Waals surface area contributed by atoms with Crippen LogP contribution in [0.4, 0.5) is 5.69 Å². The van der Waals surface area contributed by atoms with Gasteiger partial charge in [-0.3, -0.25) is 14.4 Å². The van der Waals surface area contributed by atoms with E-state index in [1.54, 1.807) is 0 Å². The summed E-state index contributed by atoms with van der Waals surface area (Å²) >= 11 is 0. The van der Waals surface area contributed by atoms with Crippen LogP contribution in [-0.2, 0) is 19.1 Å². The van der Waals surface area contributed by atoms with Gasteiger partial charge in [0.05, 0.1) is 18.9 Å². The Morgan fingerprint density at radius 1 is 1.25 bits per heavy atom. The van der Waals surface area contributed by atoms with Crippen LogP contribution in [0.25, 0.3) is 0 Å². The second kappa shape index (κ2) is 10.3. The largest absolute Gasteiger partial charge is 0.481 e. The van der Waals surface area contributed by atoms with Crippen molar-refractivity contribution in [3.05, 3.63) is 29.8 Å². The van der Waals surface area contributed by atoms with Gasteiger partial charge < -0.3 is 20.5 Å². The standard InChI is InChI=1S/C24H31N3O5/c28-22(29)14-17(12-16-4-3-5-16)23(30)26-20-13-18-15-27(21-7-2-1-6-19(18)21)9-11-32-10-8-25-24(20)31/h1-2,6-7,15-18,20H,3-5,8-14H2,(H2-,25,26,28,29,30,31)/p+1/t17-,18?,20+/m1/s1. The summed E-state index contributed by atoms with van der Waals surface area (Å²) in [4.78, 5) is 37.4. The number of aliphatic carboxylic acids is 1. The Balaban J connectivity index is 1.53. The maximum absolute atomic E-state index is 13.1. The van der Waals surface area contributed by atoms with Gasteiger partial charge in [-0.25, -0.2) is 0 Å². The van der Waals surface area contributed by atoms with Crippen molar-refractivity contribution in [2.75, 3.05) is 26.3 Å². The first-order valence-electron chi connectivity index (χ1n) is 11.6. The highest BCUT2D eigenvalue weighted by atomic mass is 16.5. The fourth-order valence-corrected chi connectivity index (χ4v) is 4.86. The molecule has 8 heteroatoms. The molecule has 1 fully saturated rings. The fourth-order valence-electron chi connectivity index (χ4n) is 4.86. The van der Waals surface area contributed by atoms with E-state index in [1.165, 1.54) is 0 Å². The average molecular weight is 443 g/mol. The molecule has 1 aliphatic carbocycles. The topological polar surface area (TPSA) is 108 Å². The number of nitrogens with zero attached hydrogens (tertiary/aromatic N) is 1. The van der Waals surface area contributed by atoms with Crippen LogP contribution in [-0.4, -0.2) is 66.0 Å². The molecule has 0 saturated heterocycles. The third-order valence-corrected chi connectivity index (χ3v) is 6.78. The predicted molar refractivity (Wildman–Crippen MR) is 118 cm³/mol. The van der Waals surface area contributed by atoms with Gasteiger partial charge in [-0.05, 0) is 18.8 Å². The van der Waals surface area contributed by atoms with Gasteiger partial charge in [0.15, 0.2) is 12.8 Å². The molecule has 1 aromatic rings. The molecule has 1 saturated carbocycles. The molecule has 0 aromatic heterocycles. The minimum Gasteiger partial charge on any atom is -0.481 e. The highest BCUT2D eigenvalue weighted by molar-refractivity contribution is 5.90. The lowest BCUT2D eigenvalue weighted by atomic mass is 9.78. The minimum atomic E-state index is -0.988. The molecular formula is C24H32N3O5+. The van der Waals surface area contributed by atoms with Gasteiger partial charge in [-0.1, -0.05) is 37.5 Å². The Bertz CT molecular complexity index is 895. The summed E-state index contributed by atoms with van der Waals surface area (Å²) in [5.74, 6) is -1.83. The highest BCUT2D eigenvalue weighted by Crippen LogP contribution is 2.35. The Labute approximate surface area is 188 Å². The SMILES string of the molecule is O=C(O)C[C@@H](CC1CCC1)C(=O)N[C@H]1CC2C=[N+](CCOCCNC1=O)c1ccccc12. The lowest BCUT2D eigenvalue weighted by Crippen LogP contribution is -2.50. The van der Waals surface area contributed by atoms with E-state index in [9.17, 15) is 19.5 Å². The van der Waals surface area contributed by atoms with Crippen molar-refractivity contribution in [3.63, 3.8) is 0 Å². The number of rotatable bonds is 6. The second-order valence-corrected chi connectivity index (χ2v) is 9.04. The van der Waals surface area contributed by atoms with Crippen LogP contribution >= 0.6 is 0 Å². The van der Waals surface area contributed by atoms with E-state index in [1.807, 2.05) is 12.1 Å². The molecule has 32 heavy (non-hydrogen) atoms. The molecule has 4 rings (SSSR count). The summed E-state index contributed by atoms with van der Waals surface area (Å²) in [5, 5.41) is 15.1. The zero-order valence-electron chi connectivity index (χ0n) is 18.3. The number of carboxylic acid groups (broad SMARTS) is 1. The molecule has 3 aliphatic rings. The number of hydrogen-bond donors (Lipinski definition) is 3. The van der Waals surface area contributed by atoms with Gasteiger partial charge in [0.1, 0.15) is 12.6 Å². The average Bonchev–Trinajstić information content (AvgIpc) is 3.08. The van der Waals surface area contributed by atoms with E-state index in [2.05, 4.69) is 33.6 Å². The molecule has 1 aromatic carbocycles. The molecule has 2 aliphatic heterocycles. The quantitative estimate of drug-likeness (QED) is 0.583. The van der Waals surface area contributed by atoms with E-state index in [-0.39, 0.29) is 24.2 Å². The van der Waals surface area contributed by atoms with Gasteiger partial charge in [0.2, 0.25) is 17.5 Å². The number of fused-ring (bicyclic) bond motifs is 4. The van der Waals surface area contributed by atoms with Crippen molar-refractivity contribution in [1.29, 1.82) is 0 Å². The van der Waals surface area contributed by atoms with E-state index in [4.69, 9.17) is 4.74 Å². The Morgan fingerprint density at radius 3 is 2.81 bits per heavy atom. The summed E-state index contributed by atoms with van der Waals surface area (Å²) in [5.41, 5.74) is 2.22. The Kier molecular flexibility index (Phi) is 7.19. The number of ether oxygens (including phenoxy) is 1. The number of amides is 2. The second-order valence-electron chi connectivity index (χ2n) is 9.04. The summed E-state index contributed by atoms with van der Waals surface area (Å²) in [6.07, 6.45) is 6.09. The van der Waals surface area contributed by atoms with Crippen molar-refractivity contribution in [2.24, 2.45) is 11.8 Å². The Morgan fingerprint density at radius 2 is 2.06 bits per heavy atom. The third-order valence-electron chi connectivity index (χ3n) is 6.78. The van der Waals surface area contributed by atoms with Crippen LogP contribution < -0.4 is 10.6 Å². The van der Waals surface area contributed by atoms with Crippen LogP contribution in [0.3, 0.4) is 0 Å². The first-order valence-corrected chi connectivity index (χ1v) is 11.6. The number of carbonyl (C=O) groups is 3. The highest BCUT2D eigenvalue weighted by Gasteiger charge is 2.36. The lowest BCUT2D eigenvalue weighted by Gasteiger charge is -2.29. The molecule has 172 valence electrons. The molecule has 2 bridgehead atoms. The van der Waals surface area contributed by atoms with Crippen LogP contribution in [0.1, 0.15) is 50.0 Å². The number of hydrogen-bond acceptors (Lipinski definition) is 4. The van der Waals surface area contributed by atoms with Crippen molar-refractivity contribution in [1.82, 2.24) is 10.6 Å². The van der Waals surface area contributed by atoms with Crippen molar-refractivity contribution < 1.29 is 28.8 Å². The molecule has 1 unspecified atom stereocenters. The normalized spacial score (nSPS) is 24.6. The van der Waals surface area contributed by atoms with Crippen LogP contribution in [0, 0.1) is 11.8 Å². The first kappa shape index (κ1) is 22.5. The van der Waals surface area contributed by atoms with Crippen LogP contribution in [0.15, 0.2) is 24.3 Å². The van der Waals surface area contributed by atoms with Gasteiger partial charge in [-0.2, -0.15) is 4.58 Å². The zero-order valence-corrected chi connectivity index (χ0v) is 18.3. The van der Waals surface area contributed by atoms with Gasteiger partial charge in [0, 0.05) is 24.1 Å². The first-order chi connectivity index (χ1) is 15.5. The molecule has 3 N–H and O–H groups in total. The monoisotopic (exact) mass is 442 g/mol. The van der Waals surface area contributed by atoms with Crippen molar-refractivity contribution in [2.45, 2.75) is 50.5 Å². The van der Waals surface area contributed by atoms with E-state index >= 15 is 0 Å². The van der Waals surface area contributed by atoms with Crippen molar-refractivity contribution in [3.8, 4) is 0 Å². The molecule has 8 nitrogen and oxygen atoms in total. The number of nitrogens with one attached hydrogen (secondary N) is 2. The maximum Gasteiger partial charge on any atom is 0.304 e. The van der Waals surface area contributed by atoms with E-state index < -0.39 is 17.9 Å². The summed E-state index contributed by atoms with van der Waals surface area (Å²) in [7, 11) is 0. The molecule has 3 atom stereocenters. The van der Waals surface area contributed by atoms with Crippen LogP contribution in [0.2, 0.25) is 0 Å². The lowest BCUT2D eigenvalue weighted by molar-refractivity contribution is -0.437. The zero-order chi connectivity index (χ0) is 22.5. The number of benzene rings is 1. The smallest absolute Gasteiger partial charge is 0.304 e. The Hall–Kier alpha value is -2.74. The summed E-state index contributed by atoms with van der Waals surface area (Å²) in [6.45, 7) is 2.05. The summed E-state index contributed by atoms with van der Waals surface area (Å²) in [6, 6.07) is 7.34. The number of carboxylic acids is 1. The minimum absolute atomic E-state index is 0.0220. The molecule has 0 spiro atoms. The van der Waals surface area contributed by atoms with Crippen molar-refractivity contribution >= 4 is 29.7 Å². The van der Waals surface area contributed by atoms with E-state index in [0.29, 0.717) is 38.5 Å². The molecule has 2 heterocycles. The van der Waals surface area contributed by atoms with Gasteiger partial charge in [-0.15, -0.1) is 0 Å². The molecule has 0 radical (unpaired) electrons. The maximum atomic E-state index is 13.1. The van der Waals surface area contributed by atoms with Gasteiger partial charge in [0.25, 0.3) is 0 Å². The molecular weight excluding hydrogens is 410 g/mol. The summed E-state index contributed by atoms with van der Waals surface area (Å²) < 4.78 is 7.81. The van der Waals surface area contributed by atoms with Crippen LogP contribution in [0.5, 0.6) is 0 Å². The number of para-hydroxylation sites is 1. The molecule has 2 amide bonds. The predicted octanol–water partition coefficient (Wildman–Crippen LogP) is 1.80. The number of carbonyl (C=O) groups excluding carboxylic acids is 2. The van der Waals surface area contributed by atoms with Gasteiger partial charge >= 0.3 is 5.97 Å².